The van der Waals surface area contributed by atoms with E-state index in [1.165, 1.54) is 99.5 Å². The molecule has 0 saturated carbocycles. The summed E-state index contributed by atoms with van der Waals surface area (Å²) in [5.74, 6) is 0. The summed E-state index contributed by atoms with van der Waals surface area (Å²) >= 11 is 0. The molecule has 3 aliphatic carbocycles. The molecule has 0 unspecified atom stereocenters. The summed E-state index contributed by atoms with van der Waals surface area (Å²) in [5, 5.41) is 5.37. The van der Waals surface area contributed by atoms with E-state index in [0.29, 0.717) is 0 Å². The zero-order valence-corrected chi connectivity index (χ0v) is 37.8. The van der Waals surface area contributed by atoms with Crippen molar-refractivity contribution in [2.24, 2.45) is 10.8 Å². The number of benzene rings is 6. The van der Waals surface area contributed by atoms with E-state index in [0.717, 1.165) is 0 Å². The summed E-state index contributed by atoms with van der Waals surface area (Å²) in [4.78, 5) is 0. The van der Waals surface area contributed by atoms with E-state index in [2.05, 4.69) is 215 Å². The lowest BCUT2D eigenvalue weighted by Gasteiger charge is -2.44. The Kier molecular flexibility index (Phi) is 6.77. The van der Waals surface area contributed by atoms with E-state index in [-0.39, 0.29) is 37.9 Å². The lowest BCUT2D eigenvalue weighted by Crippen LogP contribution is -2.42. The van der Waals surface area contributed by atoms with Crippen molar-refractivity contribution in [2.45, 2.75) is 124 Å². The third kappa shape index (κ3) is 4.10. The van der Waals surface area contributed by atoms with Crippen LogP contribution in [0.15, 0.2) is 109 Å². The molecule has 8 aromatic rings. The molecule has 0 radical (unpaired) electrons. The monoisotopic (exact) mass is 772 g/mol. The van der Waals surface area contributed by atoms with Crippen molar-refractivity contribution in [3.05, 3.63) is 143 Å². The highest BCUT2D eigenvalue weighted by atomic mass is 15.0. The fourth-order valence-corrected chi connectivity index (χ4v) is 12.5. The molecule has 2 aromatic heterocycles. The Balaban J connectivity index is 1.24. The van der Waals surface area contributed by atoms with Crippen LogP contribution in [-0.2, 0) is 27.1 Å². The van der Waals surface area contributed by atoms with E-state index in [9.17, 15) is 0 Å². The van der Waals surface area contributed by atoms with Crippen LogP contribution in [0.4, 0.5) is 0 Å². The average molecular weight is 773 g/mol. The van der Waals surface area contributed by atoms with Gasteiger partial charge >= 0.3 is 0 Å². The van der Waals surface area contributed by atoms with Crippen LogP contribution < -0.4 is 0 Å². The Bertz CT molecular complexity index is 2940. The number of fused-ring (bicyclic) bond motifs is 11. The van der Waals surface area contributed by atoms with Crippen LogP contribution in [0.3, 0.4) is 0 Å². The SMILES string of the molecule is CC1(C)c2cc3c(cc2-c2cc4c5cc6c(cc5n(-c5ccccc5)c4cc21)C(C)(C)C(C)(C)C6(C)C)c1cc2c(cc1n3-c1ccccc1)C(C)(C)C(C)(C)C2(C)C. The number of aromatic nitrogens is 2. The van der Waals surface area contributed by atoms with Gasteiger partial charge in [-0.05, 0) is 150 Å². The zero-order valence-electron chi connectivity index (χ0n) is 37.8. The Labute approximate surface area is 351 Å². The van der Waals surface area contributed by atoms with Crippen LogP contribution in [0, 0.1) is 10.8 Å². The molecule has 2 heteroatoms. The minimum atomic E-state index is -0.200. The third-order valence-corrected chi connectivity index (χ3v) is 18.7. The molecule has 2 heterocycles. The molecule has 0 fully saturated rings. The van der Waals surface area contributed by atoms with Gasteiger partial charge in [0.2, 0.25) is 0 Å². The molecule has 0 spiro atoms. The molecule has 0 N–H and O–H groups in total. The van der Waals surface area contributed by atoms with E-state index in [4.69, 9.17) is 0 Å². The van der Waals surface area contributed by atoms with Crippen LogP contribution in [0.5, 0.6) is 0 Å². The fraction of sp³-hybridized carbons (Fsp3) is 0.368. The molecule has 0 saturated heterocycles. The van der Waals surface area contributed by atoms with Crippen molar-refractivity contribution in [2.75, 3.05) is 0 Å². The Morgan fingerprint density at radius 1 is 0.305 bits per heavy atom. The second-order valence-electron chi connectivity index (χ2n) is 22.4. The summed E-state index contributed by atoms with van der Waals surface area (Å²) in [7, 11) is 0. The largest absolute Gasteiger partial charge is 0.309 e. The van der Waals surface area contributed by atoms with Gasteiger partial charge in [0.05, 0.1) is 22.1 Å². The maximum absolute atomic E-state index is 2.58. The second kappa shape index (κ2) is 10.8. The first-order chi connectivity index (χ1) is 27.6. The number of nitrogens with zero attached hydrogens (tertiary/aromatic N) is 2. The molecule has 0 aliphatic heterocycles. The van der Waals surface area contributed by atoms with Gasteiger partial charge in [0.1, 0.15) is 0 Å². The minimum absolute atomic E-state index is 0.0181. The summed E-state index contributed by atoms with van der Waals surface area (Å²) in [6.07, 6.45) is 0. The van der Waals surface area contributed by atoms with Crippen LogP contribution >= 0.6 is 0 Å². The molecule has 6 aromatic carbocycles. The van der Waals surface area contributed by atoms with Crippen molar-refractivity contribution in [3.8, 4) is 22.5 Å². The van der Waals surface area contributed by atoms with Gasteiger partial charge in [-0.1, -0.05) is 133 Å². The third-order valence-electron chi connectivity index (χ3n) is 18.7. The molecule has 298 valence electrons. The standard InChI is InChI=1S/C57H60N2/c1-51(2)41-29-47-37(39-27-43-45(54(7,8)56(11,12)52(43,3)4)31-49(39)58(47)33-21-17-15-18-22-33)25-35(41)36-26-38-40-28-44-46(55(9,10)57(13,14)53(44,5)6)32-50(40)59(48(38)30-42(36)51)34-23-19-16-20-24-34/h15-32H,1-14H3. The average Bonchev–Trinajstić information content (AvgIpc) is 3.81. The predicted molar refractivity (Wildman–Crippen MR) is 252 cm³/mol. The Morgan fingerprint density at radius 2 is 0.576 bits per heavy atom. The molecular weight excluding hydrogens is 713 g/mol. The van der Waals surface area contributed by atoms with Gasteiger partial charge < -0.3 is 9.13 Å². The van der Waals surface area contributed by atoms with Gasteiger partial charge in [-0.3, -0.25) is 0 Å². The molecule has 11 rings (SSSR count). The van der Waals surface area contributed by atoms with E-state index in [1.807, 2.05) is 0 Å². The van der Waals surface area contributed by atoms with Crippen molar-refractivity contribution in [1.82, 2.24) is 9.13 Å². The van der Waals surface area contributed by atoms with E-state index in [1.54, 1.807) is 0 Å². The van der Waals surface area contributed by atoms with Crippen molar-refractivity contribution in [1.29, 1.82) is 0 Å². The van der Waals surface area contributed by atoms with Gasteiger partial charge in [-0.15, -0.1) is 0 Å². The quantitative estimate of drug-likeness (QED) is 0.166. The highest BCUT2D eigenvalue weighted by Crippen LogP contribution is 2.64. The fourth-order valence-electron chi connectivity index (χ4n) is 12.5. The summed E-state index contributed by atoms with van der Waals surface area (Å²) < 4.78 is 5.11. The summed E-state index contributed by atoms with van der Waals surface area (Å²) in [6, 6.07) is 42.6. The first-order valence-electron chi connectivity index (χ1n) is 22.0. The van der Waals surface area contributed by atoms with Crippen molar-refractivity contribution >= 4 is 43.6 Å². The molecule has 3 aliphatic rings. The van der Waals surface area contributed by atoms with Crippen LogP contribution in [0.1, 0.15) is 130 Å². The molecule has 59 heavy (non-hydrogen) atoms. The highest BCUT2D eigenvalue weighted by Gasteiger charge is 2.58. The lowest BCUT2D eigenvalue weighted by atomic mass is 9.59. The van der Waals surface area contributed by atoms with Gasteiger partial charge in [-0.25, -0.2) is 0 Å². The predicted octanol–water partition coefficient (Wildman–Crippen LogP) is 15.4. The highest BCUT2D eigenvalue weighted by molar-refractivity contribution is 6.15. The number of rotatable bonds is 2. The molecule has 0 atom stereocenters. The first kappa shape index (κ1) is 37.0. The molecular formula is C57H60N2. The molecule has 0 amide bonds. The van der Waals surface area contributed by atoms with Crippen molar-refractivity contribution < 1.29 is 0 Å². The Hall–Kier alpha value is -5.08. The number of hydrogen-bond acceptors (Lipinski definition) is 0. The van der Waals surface area contributed by atoms with E-state index >= 15 is 0 Å². The van der Waals surface area contributed by atoms with Gasteiger partial charge in [0.15, 0.2) is 0 Å². The smallest absolute Gasteiger partial charge is 0.0544 e. The van der Waals surface area contributed by atoms with Gasteiger partial charge in [0, 0.05) is 38.3 Å². The summed E-state index contributed by atoms with van der Waals surface area (Å²) in [5.41, 5.74) is 19.2. The zero-order chi connectivity index (χ0) is 41.8. The first-order valence-corrected chi connectivity index (χ1v) is 22.0. The van der Waals surface area contributed by atoms with Gasteiger partial charge in [-0.2, -0.15) is 0 Å². The second-order valence-corrected chi connectivity index (χ2v) is 22.4. The number of para-hydroxylation sites is 2. The van der Waals surface area contributed by atoms with Crippen molar-refractivity contribution in [3.63, 3.8) is 0 Å². The van der Waals surface area contributed by atoms with Crippen LogP contribution in [0.25, 0.3) is 66.1 Å². The molecule has 0 bridgehead atoms. The lowest BCUT2D eigenvalue weighted by molar-refractivity contribution is 0.125. The van der Waals surface area contributed by atoms with Crippen LogP contribution in [0.2, 0.25) is 0 Å². The van der Waals surface area contributed by atoms with Crippen LogP contribution in [-0.4, -0.2) is 9.13 Å². The van der Waals surface area contributed by atoms with Gasteiger partial charge in [0.25, 0.3) is 0 Å². The summed E-state index contributed by atoms with van der Waals surface area (Å²) in [6.45, 7) is 34.5. The normalized spacial score (nSPS) is 20.6. The topological polar surface area (TPSA) is 9.86 Å². The Morgan fingerprint density at radius 3 is 0.898 bits per heavy atom. The maximum atomic E-state index is 2.58. The van der Waals surface area contributed by atoms with E-state index < -0.39 is 0 Å². The molecule has 2 nitrogen and oxygen atoms in total. The minimum Gasteiger partial charge on any atom is -0.309 e. The number of hydrogen-bond donors (Lipinski definition) is 0. The maximum Gasteiger partial charge on any atom is 0.0544 e.